The summed E-state index contributed by atoms with van der Waals surface area (Å²) in [6, 6.07) is 18.5. The Bertz CT molecular complexity index is 1230. The molecule has 1 unspecified atom stereocenters. The monoisotopic (exact) mass is 608 g/mol. The lowest BCUT2D eigenvalue weighted by atomic mass is 10.0. The Hall–Kier alpha value is -2.77. The summed E-state index contributed by atoms with van der Waals surface area (Å²) < 4.78 is 2.17. The minimum Gasteiger partial charge on any atom is -0.478 e. The zero-order chi connectivity index (χ0) is 30.0. The lowest BCUT2D eigenvalue weighted by molar-refractivity contribution is -0.697. The van der Waals surface area contributed by atoms with Gasteiger partial charge >= 0.3 is 11.9 Å². The highest BCUT2D eigenvalue weighted by Crippen LogP contribution is 2.33. The van der Waals surface area contributed by atoms with E-state index in [2.05, 4.69) is 23.9 Å². The summed E-state index contributed by atoms with van der Waals surface area (Å²) in [6.45, 7) is 3.14. The first-order chi connectivity index (χ1) is 20.5. The van der Waals surface area contributed by atoms with E-state index < -0.39 is 11.9 Å². The van der Waals surface area contributed by atoms with Gasteiger partial charge in [0.05, 0.1) is 11.1 Å². The molecule has 0 aliphatic heterocycles. The van der Waals surface area contributed by atoms with E-state index in [4.69, 9.17) is 0 Å². The fraction of sp³-hybridized carbons (Fsp3) is 0.457. The maximum Gasteiger partial charge on any atom is 0.336 e. The molecule has 1 atom stereocenters. The minimum absolute atomic E-state index is 0.314. The summed E-state index contributed by atoms with van der Waals surface area (Å²) in [5, 5.41) is 19.5. The van der Waals surface area contributed by atoms with Gasteiger partial charge in [-0.05, 0) is 37.1 Å². The maximum absolute atomic E-state index is 11.8. The van der Waals surface area contributed by atoms with Crippen molar-refractivity contribution in [3.8, 4) is 0 Å². The van der Waals surface area contributed by atoms with E-state index in [1.54, 1.807) is 36.0 Å². The lowest BCUT2D eigenvalue weighted by Crippen LogP contribution is -2.32. The summed E-state index contributed by atoms with van der Waals surface area (Å²) in [5.41, 5.74) is 0.706. The van der Waals surface area contributed by atoms with Crippen molar-refractivity contribution in [3.63, 3.8) is 0 Å². The largest absolute Gasteiger partial charge is 0.478 e. The average molecular weight is 609 g/mol. The molecule has 0 aliphatic carbocycles. The van der Waals surface area contributed by atoms with E-state index >= 15 is 0 Å². The Morgan fingerprint density at radius 2 is 1.17 bits per heavy atom. The highest BCUT2D eigenvalue weighted by atomic mass is 32.2. The van der Waals surface area contributed by atoms with Gasteiger partial charge in [0.2, 0.25) is 0 Å². The molecule has 0 saturated heterocycles. The first kappa shape index (κ1) is 33.7. The second-order valence-corrected chi connectivity index (χ2v) is 13.3. The summed E-state index contributed by atoms with van der Waals surface area (Å²) >= 11 is 3.18. The van der Waals surface area contributed by atoms with Gasteiger partial charge in [-0.25, -0.2) is 14.2 Å². The number of carboxylic acid groups (broad SMARTS) is 2. The molecule has 42 heavy (non-hydrogen) atoms. The number of carboxylic acids is 2. The van der Waals surface area contributed by atoms with E-state index in [0.717, 1.165) is 40.5 Å². The predicted molar refractivity (Wildman–Crippen MR) is 173 cm³/mol. The van der Waals surface area contributed by atoms with Crippen LogP contribution in [0, 0.1) is 0 Å². The van der Waals surface area contributed by atoms with E-state index in [-0.39, 0.29) is 0 Å². The van der Waals surface area contributed by atoms with E-state index in [1.807, 2.05) is 36.4 Å². The van der Waals surface area contributed by atoms with Gasteiger partial charge in [0.1, 0.15) is 6.54 Å². The molecule has 7 heteroatoms. The molecule has 0 fully saturated rings. The molecule has 226 valence electrons. The second kappa shape index (κ2) is 19.4. The third kappa shape index (κ3) is 12.2. The van der Waals surface area contributed by atoms with E-state index in [9.17, 15) is 19.8 Å². The van der Waals surface area contributed by atoms with Gasteiger partial charge in [-0.15, -0.1) is 11.8 Å². The van der Waals surface area contributed by atoms with E-state index in [0.29, 0.717) is 16.4 Å². The Balaban J connectivity index is 1.50. The number of rotatable bonds is 21. The zero-order valence-corrected chi connectivity index (χ0v) is 26.5. The normalized spacial score (nSPS) is 11.8. The number of aromatic carboxylic acids is 2. The van der Waals surface area contributed by atoms with Crippen LogP contribution in [0.2, 0.25) is 0 Å². The average Bonchev–Trinajstić information content (AvgIpc) is 2.99. The number of carbonyl (C=O) groups is 2. The Morgan fingerprint density at radius 1 is 0.667 bits per heavy atom. The van der Waals surface area contributed by atoms with Crippen LogP contribution in [0.3, 0.4) is 0 Å². The predicted octanol–water partition coefficient (Wildman–Crippen LogP) is 9.77. The smallest absolute Gasteiger partial charge is 0.336 e. The molecule has 0 radical (unpaired) electrons. The van der Waals surface area contributed by atoms with Gasteiger partial charge in [0.25, 0.3) is 0 Å². The second-order valence-electron chi connectivity index (χ2n) is 10.8. The van der Waals surface area contributed by atoms with Gasteiger partial charge in [-0.1, -0.05) is 107 Å². The summed E-state index contributed by atoms with van der Waals surface area (Å²) in [5.74, 6) is -1.78. The molecule has 0 amide bonds. The molecule has 2 aromatic carbocycles. The number of thioether (sulfide) groups is 1. The standard InChI is InChI=1S/C35H45NO4S2/c1-2-3-4-5-6-7-8-9-10-11-17-28(41-32-21-14-12-19-30(32)34(37)38)18-16-25-36-26-23-29(24-27-36)42-33-22-15-13-20-31(33)35(39)40/h12-15,19-24,26-28H,2-11,16-18,25H2,1H3,(H-,37,38,39,40)/p+1. The number of hydrogen-bond donors (Lipinski definition) is 2. The van der Waals surface area contributed by atoms with Gasteiger partial charge in [-0.3, -0.25) is 0 Å². The van der Waals surface area contributed by atoms with Crippen molar-refractivity contribution in [2.45, 2.75) is 117 Å². The third-order valence-electron chi connectivity index (χ3n) is 7.44. The molecule has 0 bridgehead atoms. The molecule has 2 N–H and O–H groups in total. The number of pyridine rings is 1. The van der Waals surface area contributed by atoms with Gasteiger partial charge in [-0.2, -0.15) is 0 Å². The fourth-order valence-electron chi connectivity index (χ4n) is 5.07. The van der Waals surface area contributed by atoms with Crippen molar-refractivity contribution >= 4 is 35.5 Å². The number of unbranched alkanes of at least 4 members (excludes halogenated alkanes) is 9. The number of hydrogen-bond acceptors (Lipinski definition) is 4. The van der Waals surface area contributed by atoms with Crippen molar-refractivity contribution < 1.29 is 24.4 Å². The van der Waals surface area contributed by atoms with Gasteiger partial charge in [0.15, 0.2) is 12.4 Å². The molecule has 3 rings (SSSR count). The van der Waals surface area contributed by atoms with Crippen LogP contribution in [0.15, 0.2) is 87.7 Å². The Morgan fingerprint density at radius 3 is 1.76 bits per heavy atom. The van der Waals surface area contributed by atoms with Crippen LogP contribution in [0.5, 0.6) is 0 Å². The Kier molecular flexibility index (Phi) is 15.6. The Labute approximate surface area is 260 Å². The molecule has 1 aromatic heterocycles. The highest BCUT2D eigenvalue weighted by molar-refractivity contribution is 8.00. The number of aromatic nitrogens is 1. The number of nitrogens with zero attached hydrogens (tertiary/aromatic N) is 1. The van der Waals surface area contributed by atoms with Crippen LogP contribution < -0.4 is 4.57 Å². The molecule has 3 aromatic rings. The van der Waals surface area contributed by atoms with E-state index in [1.165, 1.54) is 76.0 Å². The van der Waals surface area contributed by atoms with Gasteiger partial charge < -0.3 is 10.2 Å². The van der Waals surface area contributed by atoms with Crippen molar-refractivity contribution in [1.82, 2.24) is 0 Å². The molecular weight excluding hydrogens is 563 g/mol. The lowest BCUT2D eigenvalue weighted by Gasteiger charge is -2.17. The summed E-state index contributed by atoms with van der Waals surface area (Å²) in [7, 11) is 0. The van der Waals surface area contributed by atoms with Crippen LogP contribution in [0.4, 0.5) is 0 Å². The SMILES string of the molecule is CCCCCCCCCCCCC(CCC[n+]1ccc(Sc2ccccc2C(=O)O)cc1)Sc1ccccc1C(=O)O. The van der Waals surface area contributed by atoms with Crippen LogP contribution >= 0.6 is 23.5 Å². The molecule has 0 saturated carbocycles. The van der Waals surface area contributed by atoms with Crippen LogP contribution in [-0.2, 0) is 6.54 Å². The quantitative estimate of drug-likeness (QED) is 0.0712. The van der Waals surface area contributed by atoms with Crippen LogP contribution in [0.1, 0.15) is 111 Å². The fourth-order valence-corrected chi connectivity index (χ4v) is 7.36. The summed E-state index contributed by atoms with van der Waals surface area (Å²) in [4.78, 5) is 25.9. The molecule has 0 aliphatic rings. The topological polar surface area (TPSA) is 78.5 Å². The first-order valence-electron chi connectivity index (χ1n) is 15.5. The zero-order valence-electron chi connectivity index (χ0n) is 24.9. The van der Waals surface area contributed by atoms with Crippen molar-refractivity contribution in [3.05, 3.63) is 84.2 Å². The van der Waals surface area contributed by atoms with Crippen molar-refractivity contribution in [1.29, 1.82) is 0 Å². The van der Waals surface area contributed by atoms with Crippen molar-refractivity contribution in [2.75, 3.05) is 0 Å². The minimum atomic E-state index is -0.916. The molecular formula is C35H46NO4S2+. The third-order valence-corrected chi connectivity index (χ3v) is 9.94. The van der Waals surface area contributed by atoms with Crippen LogP contribution in [0.25, 0.3) is 0 Å². The molecule has 5 nitrogen and oxygen atoms in total. The summed E-state index contributed by atoms with van der Waals surface area (Å²) in [6.07, 6.45) is 20.3. The number of benzene rings is 2. The maximum atomic E-state index is 11.8. The highest BCUT2D eigenvalue weighted by Gasteiger charge is 2.17. The van der Waals surface area contributed by atoms with Crippen LogP contribution in [-0.4, -0.2) is 27.4 Å². The molecule has 0 spiro atoms. The number of aryl methyl sites for hydroxylation is 1. The molecule has 1 heterocycles. The van der Waals surface area contributed by atoms with Crippen molar-refractivity contribution in [2.24, 2.45) is 0 Å². The first-order valence-corrected chi connectivity index (χ1v) is 17.2. The van der Waals surface area contributed by atoms with Gasteiger partial charge in [0, 0.05) is 38.5 Å².